The smallest absolute Gasteiger partial charge is 0.241 e. The Balaban J connectivity index is 1.66. The van der Waals surface area contributed by atoms with Crippen molar-refractivity contribution in [3.05, 3.63) is 47.5 Å². The van der Waals surface area contributed by atoms with Gasteiger partial charge < -0.3 is 4.90 Å². The third-order valence-corrected chi connectivity index (χ3v) is 4.77. The van der Waals surface area contributed by atoms with Gasteiger partial charge in [-0.2, -0.15) is 0 Å². The van der Waals surface area contributed by atoms with Crippen molar-refractivity contribution in [1.29, 1.82) is 0 Å². The molecule has 1 amide bonds. The third kappa shape index (κ3) is 3.51. The van der Waals surface area contributed by atoms with Gasteiger partial charge in [-0.15, -0.1) is 6.58 Å². The van der Waals surface area contributed by atoms with Crippen molar-refractivity contribution in [2.45, 2.75) is 37.9 Å². The maximum Gasteiger partial charge on any atom is 0.241 e. The van der Waals surface area contributed by atoms with E-state index < -0.39 is 0 Å². The van der Waals surface area contributed by atoms with Crippen LogP contribution in [0.15, 0.2) is 36.9 Å². The van der Waals surface area contributed by atoms with Crippen molar-refractivity contribution in [3.63, 3.8) is 0 Å². The molecule has 118 valence electrons. The second-order valence-corrected chi connectivity index (χ2v) is 6.53. The molecule has 22 heavy (non-hydrogen) atoms. The molecule has 1 heterocycles. The lowest BCUT2D eigenvalue weighted by Gasteiger charge is -2.24. The molecule has 1 aromatic carbocycles. The molecule has 0 aromatic heterocycles. The van der Waals surface area contributed by atoms with Crippen LogP contribution in [0.2, 0.25) is 5.02 Å². The SMILES string of the molecule is C=CCN(Cc1ccccc1Cl)C(=O)C1CC(C2CC2)NN1. The van der Waals surface area contributed by atoms with E-state index in [1.54, 1.807) is 6.08 Å². The molecule has 1 aliphatic heterocycles. The van der Waals surface area contributed by atoms with Crippen molar-refractivity contribution in [3.8, 4) is 0 Å². The number of benzene rings is 1. The standard InChI is InChI=1S/C17H22ClN3O/c1-2-9-21(11-13-5-3-4-6-14(13)18)17(22)16-10-15(19-20-16)12-7-8-12/h2-6,12,15-16,19-20H,1,7-11H2. The van der Waals surface area contributed by atoms with Gasteiger partial charge >= 0.3 is 0 Å². The fourth-order valence-corrected chi connectivity index (χ4v) is 3.19. The number of rotatable bonds is 6. The Morgan fingerprint density at radius 2 is 2.14 bits per heavy atom. The molecule has 1 aliphatic carbocycles. The summed E-state index contributed by atoms with van der Waals surface area (Å²) >= 11 is 6.21. The summed E-state index contributed by atoms with van der Waals surface area (Å²) in [5.74, 6) is 0.845. The summed E-state index contributed by atoms with van der Waals surface area (Å²) in [5.41, 5.74) is 7.39. The van der Waals surface area contributed by atoms with Crippen molar-refractivity contribution >= 4 is 17.5 Å². The topological polar surface area (TPSA) is 44.4 Å². The van der Waals surface area contributed by atoms with Crippen molar-refractivity contribution in [2.24, 2.45) is 5.92 Å². The van der Waals surface area contributed by atoms with E-state index in [1.165, 1.54) is 12.8 Å². The molecule has 0 spiro atoms. The lowest BCUT2D eigenvalue weighted by atomic mass is 10.1. The highest BCUT2D eigenvalue weighted by molar-refractivity contribution is 6.31. The Morgan fingerprint density at radius 1 is 1.36 bits per heavy atom. The van der Waals surface area contributed by atoms with E-state index >= 15 is 0 Å². The monoisotopic (exact) mass is 319 g/mol. The first-order valence-electron chi connectivity index (χ1n) is 7.83. The zero-order chi connectivity index (χ0) is 15.5. The summed E-state index contributed by atoms with van der Waals surface area (Å²) in [7, 11) is 0. The maximum atomic E-state index is 12.8. The second-order valence-electron chi connectivity index (χ2n) is 6.12. The van der Waals surface area contributed by atoms with Crippen LogP contribution >= 0.6 is 11.6 Å². The van der Waals surface area contributed by atoms with Gasteiger partial charge in [0.2, 0.25) is 5.91 Å². The van der Waals surface area contributed by atoms with Gasteiger partial charge in [0, 0.05) is 24.2 Å². The first kappa shape index (κ1) is 15.5. The highest BCUT2D eigenvalue weighted by Gasteiger charge is 2.39. The average molecular weight is 320 g/mol. The summed E-state index contributed by atoms with van der Waals surface area (Å²) in [6.07, 6.45) is 5.17. The van der Waals surface area contributed by atoms with Crippen LogP contribution in [0, 0.1) is 5.92 Å². The molecule has 2 unspecified atom stereocenters. The molecule has 3 rings (SSSR count). The van der Waals surface area contributed by atoms with Crippen LogP contribution in [0.3, 0.4) is 0 Å². The van der Waals surface area contributed by atoms with Crippen LogP contribution in [0.4, 0.5) is 0 Å². The van der Waals surface area contributed by atoms with E-state index in [0.717, 1.165) is 17.9 Å². The van der Waals surface area contributed by atoms with Gasteiger partial charge in [-0.3, -0.25) is 10.2 Å². The normalized spacial score (nSPS) is 24.2. The fraction of sp³-hybridized carbons (Fsp3) is 0.471. The summed E-state index contributed by atoms with van der Waals surface area (Å²) in [6.45, 7) is 4.80. The molecule has 1 saturated carbocycles. The predicted octanol–water partition coefficient (Wildman–Crippen LogP) is 2.50. The van der Waals surface area contributed by atoms with Gasteiger partial charge in [0.15, 0.2) is 0 Å². The molecular formula is C17H22ClN3O. The molecule has 2 aliphatic rings. The minimum atomic E-state index is -0.159. The molecular weight excluding hydrogens is 298 g/mol. The Kier molecular flexibility index (Phi) is 4.81. The van der Waals surface area contributed by atoms with Crippen LogP contribution in [0.5, 0.6) is 0 Å². The van der Waals surface area contributed by atoms with Gasteiger partial charge in [-0.25, -0.2) is 5.43 Å². The largest absolute Gasteiger partial charge is 0.333 e. The van der Waals surface area contributed by atoms with Gasteiger partial charge in [0.25, 0.3) is 0 Å². The Labute approximate surface area is 136 Å². The molecule has 2 atom stereocenters. The quantitative estimate of drug-likeness (QED) is 0.792. The van der Waals surface area contributed by atoms with E-state index in [4.69, 9.17) is 11.6 Å². The Bertz CT molecular complexity index is 559. The zero-order valence-corrected chi connectivity index (χ0v) is 13.4. The first-order chi connectivity index (χ1) is 10.7. The highest BCUT2D eigenvalue weighted by Crippen LogP contribution is 2.35. The van der Waals surface area contributed by atoms with Crippen LogP contribution in [-0.2, 0) is 11.3 Å². The van der Waals surface area contributed by atoms with E-state index in [2.05, 4.69) is 17.4 Å². The van der Waals surface area contributed by atoms with E-state index in [-0.39, 0.29) is 11.9 Å². The maximum absolute atomic E-state index is 12.8. The van der Waals surface area contributed by atoms with Crippen LogP contribution in [-0.4, -0.2) is 29.4 Å². The fourth-order valence-electron chi connectivity index (χ4n) is 2.99. The van der Waals surface area contributed by atoms with Gasteiger partial charge in [0.05, 0.1) is 0 Å². The Morgan fingerprint density at radius 3 is 2.82 bits per heavy atom. The third-order valence-electron chi connectivity index (χ3n) is 4.40. The number of halogens is 1. The van der Waals surface area contributed by atoms with Gasteiger partial charge in [0.1, 0.15) is 6.04 Å². The van der Waals surface area contributed by atoms with Crippen molar-refractivity contribution in [2.75, 3.05) is 6.54 Å². The number of amides is 1. The molecule has 5 heteroatoms. The van der Waals surface area contributed by atoms with Crippen LogP contribution in [0.1, 0.15) is 24.8 Å². The Hall–Kier alpha value is -1.36. The molecule has 0 bridgehead atoms. The second kappa shape index (κ2) is 6.82. The van der Waals surface area contributed by atoms with E-state index in [0.29, 0.717) is 24.2 Å². The summed E-state index contributed by atoms with van der Waals surface area (Å²) in [4.78, 5) is 14.6. The molecule has 1 aromatic rings. The van der Waals surface area contributed by atoms with Crippen molar-refractivity contribution in [1.82, 2.24) is 15.8 Å². The molecule has 0 radical (unpaired) electrons. The number of carbonyl (C=O) groups is 1. The predicted molar refractivity (Wildman–Crippen MR) is 88.3 cm³/mol. The average Bonchev–Trinajstić information content (AvgIpc) is 3.26. The van der Waals surface area contributed by atoms with E-state index in [9.17, 15) is 4.79 Å². The van der Waals surface area contributed by atoms with E-state index in [1.807, 2.05) is 29.2 Å². The number of nitrogens with one attached hydrogen (secondary N) is 2. The molecule has 2 fully saturated rings. The number of hydrogen-bond acceptors (Lipinski definition) is 3. The highest BCUT2D eigenvalue weighted by atomic mass is 35.5. The lowest BCUT2D eigenvalue weighted by molar-refractivity contribution is -0.133. The summed E-state index contributed by atoms with van der Waals surface area (Å²) in [5, 5.41) is 0.692. The van der Waals surface area contributed by atoms with Gasteiger partial charge in [-0.1, -0.05) is 35.9 Å². The summed E-state index contributed by atoms with van der Waals surface area (Å²) < 4.78 is 0. The van der Waals surface area contributed by atoms with Crippen LogP contribution in [0.25, 0.3) is 0 Å². The first-order valence-corrected chi connectivity index (χ1v) is 8.21. The molecule has 4 nitrogen and oxygen atoms in total. The summed E-state index contributed by atoms with van der Waals surface area (Å²) in [6, 6.07) is 7.92. The molecule has 2 N–H and O–H groups in total. The van der Waals surface area contributed by atoms with Crippen LogP contribution < -0.4 is 10.9 Å². The number of hydrogen-bond donors (Lipinski definition) is 2. The minimum absolute atomic E-state index is 0.107. The van der Waals surface area contributed by atoms with Gasteiger partial charge in [-0.05, 0) is 36.8 Å². The lowest BCUT2D eigenvalue weighted by Crippen LogP contribution is -2.45. The number of hydrazine groups is 1. The van der Waals surface area contributed by atoms with Crippen molar-refractivity contribution < 1.29 is 4.79 Å². The minimum Gasteiger partial charge on any atom is -0.333 e. The number of nitrogens with zero attached hydrogens (tertiary/aromatic N) is 1. The molecule has 1 saturated heterocycles. The number of carbonyl (C=O) groups excluding carboxylic acids is 1. The zero-order valence-electron chi connectivity index (χ0n) is 12.6.